The Morgan fingerprint density at radius 2 is 2.17 bits per heavy atom. The number of aromatic nitrogens is 4. The molecule has 0 aromatic carbocycles. The molecule has 1 fully saturated rings. The Labute approximate surface area is 137 Å². The van der Waals surface area contributed by atoms with Gasteiger partial charge in [0.25, 0.3) is 17.4 Å². The van der Waals surface area contributed by atoms with Crippen LogP contribution in [0.25, 0.3) is 0 Å². The number of hydrogen-bond donors (Lipinski definition) is 4. The second-order valence-corrected chi connectivity index (χ2v) is 5.82. The summed E-state index contributed by atoms with van der Waals surface area (Å²) in [6.07, 6.45) is 6.03. The van der Waals surface area contributed by atoms with Gasteiger partial charge < -0.3 is 15.6 Å². The van der Waals surface area contributed by atoms with E-state index in [1.807, 2.05) is 0 Å². The molecule has 9 heteroatoms. The lowest BCUT2D eigenvalue weighted by Crippen LogP contribution is -2.51. The molecule has 0 aliphatic heterocycles. The summed E-state index contributed by atoms with van der Waals surface area (Å²) in [5, 5.41) is 12.1. The molecule has 0 saturated heterocycles. The zero-order valence-corrected chi connectivity index (χ0v) is 13.1. The molecule has 2 atom stereocenters. The van der Waals surface area contributed by atoms with E-state index in [4.69, 9.17) is 0 Å². The first-order valence-electron chi connectivity index (χ1n) is 7.69. The molecule has 9 nitrogen and oxygen atoms in total. The third-order valence-corrected chi connectivity index (χ3v) is 4.24. The second kappa shape index (κ2) is 6.65. The van der Waals surface area contributed by atoms with Crippen LogP contribution in [0.4, 0.5) is 0 Å². The van der Waals surface area contributed by atoms with Crippen molar-refractivity contribution < 1.29 is 9.59 Å². The molecule has 2 heterocycles. The molecule has 4 N–H and O–H groups in total. The number of H-pyrrole nitrogens is 2. The molecule has 2 aromatic heterocycles. The number of aryl methyl sites for hydroxylation is 1. The molecule has 1 aliphatic rings. The summed E-state index contributed by atoms with van der Waals surface area (Å²) in [7, 11) is 0. The fourth-order valence-corrected chi connectivity index (χ4v) is 2.64. The fourth-order valence-electron chi connectivity index (χ4n) is 2.64. The van der Waals surface area contributed by atoms with E-state index in [1.165, 1.54) is 12.4 Å². The van der Waals surface area contributed by atoms with Crippen LogP contribution >= 0.6 is 0 Å². The highest BCUT2D eigenvalue weighted by Gasteiger charge is 2.33. The van der Waals surface area contributed by atoms with Gasteiger partial charge in [-0.05, 0) is 31.2 Å². The summed E-state index contributed by atoms with van der Waals surface area (Å²) >= 11 is 0. The predicted octanol–water partition coefficient (Wildman–Crippen LogP) is -0.260. The van der Waals surface area contributed by atoms with Crippen LogP contribution < -0.4 is 16.2 Å². The number of rotatable bonds is 5. The topological polar surface area (TPSA) is 133 Å². The van der Waals surface area contributed by atoms with E-state index in [2.05, 4.69) is 30.8 Å². The number of carbonyl (C=O) groups is 2. The number of nitrogens with zero attached hydrogens (tertiary/aromatic N) is 2. The Kier molecular flexibility index (Phi) is 4.41. The zero-order valence-electron chi connectivity index (χ0n) is 13.1. The van der Waals surface area contributed by atoms with Crippen LogP contribution in [0.1, 0.15) is 39.4 Å². The first kappa shape index (κ1) is 15.9. The molecule has 0 bridgehead atoms. The second-order valence-electron chi connectivity index (χ2n) is 5.82. The highest BCUT2D eigenvalue weighted by Crippen LogP contribution is 2.27. The van der Waals surface area contributed by atoms with Crippen molar-refractivity contribution in [3.05, 3.63) is 45.9 Å². The first-order chi connectivity index (χ1) is 11.6. The Morgan fingerprint density at radius 1 is 1.33 bits per heavy atom. The average Bonchev–Trinajstić information content (AvgIpc) is 2.98. The van der Waals surface area contributed by atoms with Crippen molar-refractivity contribution in [2.45, 2.75) is 25.8 Å². The van der Waals surface area contributed by atoms with Crippen molar-refractivity contribution in [1.82, 2.24) is 30.8 Å². The minimum absolute atomic E-state index is 0.0814. The van der Waals surface area contributed by atoms with Gasteiger partial charge in [0.15, 0.2) is 5.69 Å². The van der Waals surface area contributed by atoms with E-state index in [-0.39, 0.29) is 23.6 Å². The Hall–Kier alpha value is -2.97. The highest BCUT2D eigenvalue weighted by molar-refractivity contribution is 5.93. The SMILES string of the molecule is Cc1cn[nH]c1C(=O)NC[C@@H]1CC[C@H]1NC(=O)c1ncc[nH]c1=O. The van der Waals surface area contributed by atoms with Gasteiger partial charge in [-0.25, -0.2) is 4.98 Å². The largest absolute Gasteiger partial charge is 0.350 e. The minimum atomic E-state index is -0.520. The van der Waals surface area contributed by atoms with Crippen molar-refractivity contribution in [1.29, 1.82) is 0 Å². The van der Waals surface area contributed by atoms with Crippen LogP contribution in [0.2, 0.25) is 0 Å². The standard InChI is InChI=1S/C15H18N6O3/c1-8-6-19-21-11(8)13(22)18-7-9-2-3-10(9)20-15(24)12-14(23)17-5-4-16-12/h4-6,9-10H,2-3,7H2,1H3,(H,17,23)(H,18,22)(H,19,21)(H,20,24)/t9-,10+/m0/s1. The first-order valence-corrected chi connectivity index (χ1v) is 7.69. The Morgan fingerprint density at radius 3 is 2.79 bits per heavy atom. The summed E-state index contributed by atoms with van der Waals surface area (Å²) in [5.74, 6) is -0.589. The molecule has 0 spiro atoms. The lowest BCUT2D eigenvalue weighted by atomic mass is 9.79. The van der Waals surface area contributed by atoms with Gasteiger partial charge in [0.05, 0.1) is 6.20 Å². The summed E-state index contributed by atoms with van der Waals surface area (Å²) < 4.78 is 0. The number of amides is 2. The molecular weight excluding hydrogens is 312 g/mol. The van der Waals surface area contributed by atoms with Gasteiger partial charge in [-0.3, -0.25) is 19.5 Å². The average molecular weight is 330 g/mol. The Balaban J connectivity index is 1.53. The minimum Gasteiger partial charge on any atom is -0.350 e. The van der Waals surface area contributed by atoms with Gasteiger partial charge in [0.1, 0.15) is 5.69 Å². The molecule has 2 amide bonds. The van der Waals surface area contributed by atoms with Gasteiger partial charge >= 0.3 is 0 Å². The van der Waals surface area contributed by atoms with Gasteiger partial charge in [-0.15, -0.1) is 0 Å². The smallest absolute Gasteiger partial charge is 0.279 e. The maximum absolute atomic E-state index is 12.1. The molecular formula is C15H18N6O3. The number of nitrogens with one attached hydrogen (secondary N) is 4. The highest BCUT2D eigenvalue weighted by atomic mass is 16.2. The van der Waals surface area contributed by atoms with Gasteiger partial charge in [0.2, 0.25) is 0 Å². The van der Waals surface area contributed by atoms with E-state index >= 15 is 0 Å². The molecule has 3 rings (SSSR count). The third kappa shape index (κ3) is 3.19. The third-order valence-electron chi connectivity index (χ3n) is 4.24. The van der Waals surface area contributed by atoms with Crippen molar-refractivity contribution in [3.63, 3.8) is 0 Å². The fraction of sp³-hybridized carbons (Fsp3) is 0.400. The predicted molar refractivity (Wildman–Crippen MR) is 84.5 cm³/mol. The molecule has 126 valence electrons. The van der Waals surface area contributed by atoms with E-state index in [9.17, 15) is 14.4 Å². The normalized spacial score (nSPS) is 19.4. The van der Waals surface area contributed by atoms with Gasteiger partial charge in [-0.1, -0.05) is 0 Å². The van der Waals surface area contributed by atoms with Crippen LogP contribution in [0.5, 0.6) is 0 Å². The number of hydrogen-bond acceptors (Lipinski definition) is 5. The van der Waals surface area contributed by atoms with Crippen LogP contribution in [-0.4, -0.2) is 44.6 Å². The number of aromatic amines is 2. The molecule has 0 unspecified atom stereocenters. The molecule has 2 aromatic rings. The number of carbonyl (C=O) groups excluding carboxylic acids is 2. The zero-order chi connectivity index (χ0) is 17.1. The van der Waals surface area contributed by atoms with E-state index in [0.29, 0.717) is 12.2 Å². The van der Waals surface area contributed by atoms with Crippen LogP contribution in [0, 0.1) is 12.8 Å². The lowest BCUT2D eigenvalue weighted by molar-refractivity contribution is 0.0852. The molecule has 0 radical (unpaired) electrons. The van der Waals surface area contributed by atoms with E-state index in [1.54, 1.807) is 13.1 Å². The molecule has 24 heavy (non-hydrogen) atoms. The lowest BCUT2D eigenvalue weighted by Gasteiger charge is -2.37. The van der Waals surface area contributed by atoms with Crippen molar-refractivity contribution in [2.75, 3.05) is 6.54 Å². The van der Waals surface area contributed by atoms with Crippen molar-refractivity contribution >= 4 is 11.8 Å². The summed E-state index contributed by atoms with van der Waals surface area (Å²) in [4.78, 5) is 41.9. The Bertz CT molecular complexity index is 811. The van der Waals surface area contributed by atoms with Crippen LogP contribution in [0.15, 0.2) is 23.4 Å². The van der Waals surface area contributed by atoms with Crippen LogP contribution in [-0.2, 0) is 0 Å². The quantitative estimate of drug-likeness (QED) is 0.599. The summed E-state index contributed by atoms with van der Waals surface area (Å²) in [6.45, 7) is 2.25. The van der Waals surface area contributed by atoms with Crippen molar-refractivity contribution in [2.24, 2.45) is 5.92 Å². The van der Waals surface area contributed by atoms with E-state index in [0.717, 1.165) is 18.4 Å². The molecule has 1 saturated carbocycles. The maximum atomic E-state index is 12.1. The molecule has 1 aliphatic carbocycles. The summed E-state index contributed by atoms with van der Waals surface area (Å²) in [6, 6.07) is -0.0814. The van der Waals surface area contributed by atoms with E-state index < -0.39 is 11.5 Å². The monoisotopic (exact) mass is 330 g/mol. The van der Waals surface area contributed by atoms with Crippen molar-refractivity contribution in [3.8, 4) is 0 Å². The van der Waals surface area contributed by atoms with Gasteiger partial charge in [0, 0.05) is 25.0 Å². The van der Waals surface area contributed by atoms with Gasteiger partial charge in [-0.2, -0.15) is 5.10 Å². The summed E-state index contributed by atoms with van der Waals surface area (Å²) in [5.41, 5.74) is 0.546. The maximum Gasteiger partial charge on any atom is 0.279 e. The van der Waals surface area contributed by atoms with Crippen LogP contribution in [0.3, 0.4) is 0 Å².